The minimum Gasteiger partial charge on any atom is -0.387 e. The van der Waals surface area contributed by atoms with Crippen LogP contribution >= 0.6 is 0 Å². The number of carbonyl (C=O) groups excluding carboxylic acids is 3. The number of hydrogen-bond donors (Lipinski definition) is 2. The Hall–Kier alpha value is -1.75. The zero-order chi connectivity index (χ0) is 29.8. The Morgan fingerprint density at radius 2 is 1.75 bits per heavy atom. The van der Waals surface area contributed by atoms with Crippen LogP contribution in [0.15, 0.2) is 0 Å². The molecule has 230 valence electrons. The van der Waals surface area contributed by atoms with Crippen LogP contribution in [-0.2, 0) is 23.9 Å². The molecule has 3 heterocycles. The van der Waals surface area contributed by atoms with Gasteiger partial charge < -0.3 is 34.6 Å². The molecule has 0 aromatic rings. The molecule has 10 nitrogen and oxygen atoms in total. The van der Waals surface area contributed by atoms with E-state index in [2.05, 4.69) is 24.3 Å². The molecule has 0 aliphatic carbocycles. The van der Waals surface area contributed by atoms with Crippen molar-refractivity contribution in [3.63, 3.8) is 0 Å². The van der Waals surface area contributed by atoms with E-state index in [9.17, 15) is 19.5 Å². The number of ether oxygens (including phenoxy) is 2. The molecule has 3 amide bonds. The molecule has 3 aliphatic rings. The van der Waals surface area contributed by atoms with Crippen LogP contribution in [-0.4, -0.2) is 114 Å². The molecule has 0 radical (unpaired) electrons. The fraction of sp³-hybridized carbons (Fsp3) is 0.900. The van der Waals surface area contributed by atoms with Gasteiger partial charge in [-0.1, -0.05) is 20.8 Å². The molecule has 0 spiro atoms. The lowest BCUT2D eigenvalue weighted by Crippen LogP contribution is -2.56. The van der Waals surface area contributed by atoms with Gasteiger partial charge >= 0.3 is 0 Å². The maximum absolute atomic E-state index is 13.6. The van der Waals surface area contributed by atoms with E-state index < -0.39 is 30.1 Å². The third-order valence-electron chi connectivity index (χ3n) is 9.11. The first-order chi connectivity index (χ1) is 18.7. The molecule has 3 fully saturated rings. The number of carbonyl (C=O) groups is 3. The third-order valence-corrected chi connectivity index (χ3v) is 9.11. The summed E-state index contributed by atoms with van der Waals surface area (Å²) in [7, 11) is 5.87. The smallest absolute Gasteiger partial charge is 0.246 e. The lowest BCUT2D eigenvalue weighted by molar-refractivity contribution is -0.251. The summed E-state index contributed by atoms with van der Waals surface area (Å²) < 4.78 is 12.6. The summed E-state index contributed by atoms with van der Waals surface area (Å²) in [5, 5.41) is 14.7. The first-order valence-corrected chi connectivity index (χ1v) is 15.3. The molecule has 0 saturated carbocycles. The molecule has 0 bridgehead atoms. The van der Waals surface area contributed by atoms with Gasteiger partial charge in [-0.25, -0.2) is 0 Å². The van der Waals surface area contributed by atoms with Crippen molar-refractivity contribution in [1.82, 2.24) is 20.0 Å². The van der Waals surface area contributed by atoms with E-state index in [-0.39, 0.29) is 35.7 Å². The first kappa shape index (κ1) is 32.8. The fourth-order valence-corrected chi connectivity index (χ4v) is 6.30. The van der Waals surface area contributed by atoms with Crippen LogP contribution in [0.4, 0.5) is 0 Å². The largest absolute Gasteiger partial charge is 0.387 e. The van der Waals surface area contributed by atoms with E-state index in [1.54, 1.807) is 23.8 Å². The molecule has 0 aromatic carbocycles. The van der Waals surface area contributed by atoms with Gasteiger partial charge in [0.05, 0.1) is 17.8 Å². The summed E-state index contributed by atoms with van der Waals surface area (Å²) >= 11 is 0. The van der Waals surface area contributed by atoms with Crippen LogP contribution in [0.2, 0.25) is 0 Å². The summed E-state index contributed by atoms with van der Waals surface area (Å²) in [5.41, 5.74) is -1.18. The van der Waals surface area contributed by atoms with Crippen LogP contribution in [0, 0.1) is 11.8 Å². The Labute approximate surface area is 241 Å². The van der Waals surface area contributed by atoms with Crippen molar-refractivity contribution in [2.75, 3.05) is 34.2 Å². The Kier molecular flexibility index (Phi) is 11.4. The van der Waals surface area contributed by atoms with Crippen LogP contribution in [0.3, 0.4) is 0 Å². The van der Waals surface area contributed by atoms with E-state index in [4.69, 9.17) is 9.47 Å². The predicted molar refractivity (Wildman–Crippen MR) is 153 cm³/mol. The van der Waals surface area contributed by atoms with E-state index >= 15 is 0 Å². The Morgan fingerprint density at radius 1 is 1.05 bits per heavy atom. The summed E-state index contributed by atoms with van der Waals surface area (Å²) in [5.74, 6) is -0.982. The number of hydrogen-bond acceptors (Lipinski definition) is 7. The first-order valence-electron chi connectivity index (χ1n) is 15.3. The number of fused-ring (bicyclic) bond motifs is 1. The second-order valence-electron chi connectivity index (χ2n) is 13.2. The Morgan fingerprint density at radius 3 is 2.40 bits per heavy atom. The van der Waals surface area contributed by atoms with E-state index in [0.717, 1.165) is 12.8 Å². The Bertz CT molecular complexity index is 880. The number of amides is 3. The number of aliphatic hydroxyl groups is 1. The quantitative estimate of drug-likeness (QED) is 0.538. The average molecular weight is 567 g/mol. The molecular formula is C30H54N4O6. The monoisotopic (exact) mass is 566 g/mol. The van der Waals surface area contributed by atoms with Gasteiger partial charge in [0.15, 0.2) is 6.29 Å². The van der Waals surface area contributed by atoms with Crippen molar-refractivity contribution >= 4 is 17.7 Å². The molecule has 3 aliphatic heterocycles. The standard InChI is InChI=1S/C30H54N4O6/c1-19(2)26-29(37)34-16-9-11-23(34)28(36)33(8)15-10-14-30(5,38)24(13-12-20(3)27(35)31-26)40-25-18-22(32(6)7)17-21(4)39-25/h19-26,38H,9-18H2,1-8H3,(H,31,35)/t20-,21-,22+,23-,24-,25+,26+,30-/m1/s1. The summed E-state index contributed by atoms with van der Waals surface area (Å²) in [4.78, 5) is 45.8. The van der Waals surface area contributed by atoms with Gasteiger partial charge in [-0.05, 0) is 78.8 Å². The third kappa shape index (κ3) is 8.17. The lowest BCUT2D eigenvalue weighted by Gasteiger charge is -2.41. The van der Waals surface area contributed by atoms with Crippen molar-refractivity contribution in [2.24, 2.45) is 11.8 Å². The normalized spacial score (nSPS) is 37.7. The van der Waals surface area contributed by atoms with Crippen molar-refractivity contribution in [1.29, 1.82) is 0 Å². The van der Waals surface area contributed by atoms with Crippen LogP contribution in [0.5, 0.6) is 0 Å². The number of nitrogens with zero attached hydrogens (tertiary/aromatic N) is 3. The molecule has 10 heteroatoms. The molecule has 0 aromatic heterocycles. The maximum Gasteiger partial charge on any atom is 0.246 e. The van der Waals surface area contributed by atoms with Gasteiger partial charge in [-0.2, -0.15) is 0 Å². The molecule has 40 heavy (non-hydrogen) atoms. The topological polar surface area (TPSA) is 112 Å². The van der Waals surface area contributed by atoms with Gasteiger partial charge in [0.2, 0.25) is 17.7 Å². The second kappa shape index (κ2) is 13.9. The number of rotatable bonds is 4. The number of likely N-dealkylation sites (N-methyl/N-ethyl adjacent to an activating group) is 1. The zero-order valence-corrected chi connectivity index (χ0v) is 26.0. The SMILES string of the molecule is CC(C)[C@@H]1NC(=O)[C@H](C)CC[C@@H](O[C@H]2C[C@@H](N(C)C)C[C@@H](C)O2)[C@](C)(O)CCCN(C)C(=O)[C@H]2CCCN2C1=O. The van der Waals surface area contributed by atoms with E-state index in [1.807, 2.05) is 27.7 Å². The fourth-order valence-electron chi connectivity index (χ4n) is 6.30. The number of nitrogens with one attached hydrogen (secondary N) is 1. The maximum atomic E-state index is 13.6. The van der Waals surface area contributed by atoms with Gasteiger partial charge in [-0.15, -0.1) is 0 Å². The minimum absolute atomic E-state index is 0.0345. The summed E-state index contributed by atoms with van der Waals surface area (Å²) in [6.45, 7) is 10.5. The predicted octanol–water partition coefficient (Wildman–Crippen LogP) is 2.38. The van der Waals surface area contributed by atoms with Crippen LogP contribution in [0.25, 0.3) is 0 Å². The van der Waals surface area contributed by atoms with Crippen molar-refractivity contribution in [3.8, 4) is 0 Å². The second-order valence-corrected chi connectivity index (χ2v) is 13.2. The Balaban J connectivity index is 1.84. The highest BCUT2D eigenvalue weighted by atomic mass is 16.7. The van der Waals surface area contributed by atoms with Crippen molar-refractivity contribution in [3.05, 3.63) is 0 Å². The van der Waals surface area contributed by atoms with Gasteiger partial charge in [0.25, 0.3) is 0 Å². The summed E-state index contributed by atoms with van der Waals surface area (Å²) in [6.07, 6.45) is 3.99. The average Bonchev–Trinajstić information content (AvgIpc) is 3.37. The van der Waals surface area contributed by atoms with E-state index in [1.165, 1.54) is 0 Å². The molecule has 8 atom stereocenters. The molecule has 2 N–H and O–H groups in total. The van der Waals surface area contributed by atoms with Crippen LogP contribution in [0.1, 0.15) is 86.0 Å². The highest BCUT2D eigenvalue weighted by Crippen LogP contribution is 2.31. The van der Waals surface area contributed by atoms with E-state index in [0.29, 0.717) is 57.7 Å². The van der Waals surface area contributed by atoms with Crippen molar-refractivity contribution < 1.29 is 29.0 Å². The lowest BCUT2D eigenvalue weighted by atomic mass is 9.87. The van der Waals surface area contributed by atoms with Crippen molar-refractivity contribution in [2.45, 2.75) is 128 Å². The molecule has 0 unspecified atom stereocenters. The molecule has 3 saturated heterocycles. The van der Waals surface area contributed by atoms with Gasteiger partial charge in [-0.3, -0.25) is 14.4 Å². The minimum atomic E-state index is -1.18. The van der Waals surface area contributed by atoms with Crippen LogP contribution < -0.4 is 5.32 Å². The molecular weight excluding hydrogens is 512 g/mol. The highest BCUT2D eigenvalue weighted by molar-refractivity contribution is 5.93. The highest BCUT2D eigenvalue weighted by Gasteiger charge is 2.42. The summed E-state index contributed by atoms with van der Waals surface area (Å²) in [6, 6.07) is -0.903. The van der Waals surface area contributed by atoms with Gasteiger partial charge in [0.1, 0.15) is 12.1 Å². The van der Waals surface area contributed by atoms with Gasteiger partial charge in [0, 0.05) is 38.5 Å². The molecule has 3 rings (SSSR count). The zero-order valence-electron chi connectivity index (χ0n) is 26.0.